The second kappa shape index (κ2) is 9.41. The predicted molar refractivity (Wildman–Crippen MR) is 131 cm³/mol. The normalized spacial score (nSPS) is 23.8. The number of nitrogens with one attached hydrogen (secondary N) is 1. The molecule has 2 fully saturated rings. The number of aliphatic hydroxyl groups is 1. The highest BCUT2D eigenvalue weighted by Gasteiger charge is 2.47. The smallest absolute Gasteiger partial charge is 0.264 e. The van der Waals surface area contributed by atoms with Crippen LogP contribution in [-0.4, -0.2) is 83.8 Å². The summed E-state index contributed by atoms with van der Waals surface area (Å²) in [6.45, 7) is 4.22. The van der Waals surface area contributed by atoms with Crippen molar-refractivity contribution < 1.29 is 18.3 Å². The van der Waals surface area contributed by atoms with E-state index in [0.717, 1.165) is 40.7 Å². The zero-order valence-corrected chi connectivity index (χ0v) is 21.0. The summed E-state index contributed by atoms with van der Waals surface area (Å²) in [7, 11) is -1.91. The Balaban J connectivity index is 1.49. The molecule has 10 heteroatoms. The number of hydrogen-bond acceptors (Lipinski definition) is 6. The van der Waals surface area contributed by atoms with E-state index in [1.807, 2.05) is 38.1 Å². The van der Waals surface area contributed by atoms with Gasteiger partial charge in [0.2, 0.25) is 10.0 Å². The van der Waals surface area contributed by atoms with Crippen LogP contribution < -0.4 is 10.9 Å². The molecule has 2 N–H and O–H groups in total. The minimum Gasteiger partial charge on any atom is -0.390 e. The first-order chi connectivity index (χ1) is 16.0. The summed E-state index contributed by atoms with van der Waals surface area (Å²) >= 11 is 0. The molecule has 1 aromatic carbocycles. The van der Waals surface area contributed by atoms with Gasteiger partial charge >= 0.3 is 0 Å². The fourth-order valence-corrected chi connectivity index (χ4v) is 5.92. The number of fused-ring (bicyclic) bond motifs is 3. The number of para-hydroxylation sites is 1. The summed E-state index contributed by atoms with van der Waals surface area (Å²) in [6.07, 6.45) is 2.90. The first-order valence-electron chi connectivity index (χ1n) is 11.8. The number of carbonyl (C=O) groups excluding carboxylic acids is 1. The van der Waals surface area contributed by atoms with Crippen molar-refractivity contribution in [1.82, 2.24) is 19.1 Å². The van der Waals surface area contributed by atoms with Crippen LogP contribution in [0.15, 0.2) is 35.1 Å². The molecule has 0 unspecified atom stereocenters. The molecule has 2 aliphatic rings. The van der Waals surface area contributed by atoms with Crippen LogP contribution in [-0.2, 0) is 10.0 Å². The predicted octanol–water partition coefficient (Wildman–Crippen LogP) is 1.17. The van der Waals surface area contributed by atoms with Gasteiger partial charge in [-0.3, -0.25) is 14.5 Å². The largest absolute Gasteiger partial charge is 0.390 e. The summed E-state index contributed by atoms with van der Waals surface area (Å²) in [6, 6.07) is 9.29. The van der Waals surface area contributed by atoms with Crippen molar-refractivity contribution >= 4 is 26.8 Å². The summed E-state index contributed by atoms with van der Waals surface area (Å²) in [5.74, 6) is -0.375. The molecule has 1 amide bonds. The van der Waals surface area contributed by atoms with Gasteiger partial charge in [-0.1, -0.05) is 18.2 Å². The Morgan fingerprint density at radius 2 is 1.97 bits per heavy atom. The Morgan fingerprint density at radius 1 is 1.26 bits per heavy atom. The Morgan fingerprint density at radius 3 is 2.65 bits per heavy atom. The van der Waals surface area contributed by atoms with E-state index in [-0.39, 0.29) is 47.7 Å². The number of aromatic nitrogens is 1. The maximum absolute atomic E-state index is 13.2. The molecule has 0 radical (unpaired) electrons. The van der Waals surface area contributed by atoms with Crippen molar-refractivity contribution in [2.24, 2.45) is 0 Å². The van der Waals surface area contributed by atoms with Crippen LogP contribution in [0, 0.1) is 0 Å². The first-order valence-corrected chi connectivity index (χ1v) is 13.6. The topological polar surface area (TPSA) is 112 Å². The zero-order valence-electron chi connectivity index (χ0n) is 20.1. The number of carbonyl (C=O) groups is 1. The van der Waals surface area contributed by atoms with Crippen molar-refractivity contribution in [1.29, 1.82) is 0 Å². The third-order valence-electron chi connectivity index (χ3n) is 7.16. The van der Waals surface area contributed by atoms with Crippen LogP contribution in [0.1, 0.15) is 49.5 Å². The van der Waals surface area contributed by atoms with E-state index in [9.17, 15) is 23.1 Å². The number of likely N-dealkylation sites (N-methyl/N-ethyl adjacent to an activating group) is 1. The Bertz CT molecular complexity index is 1240. The average Bonchev–Trinajstić information content (AvgIpc) is 3.28. The fourth-order valence-electron chi connectivity index (χ4n) is 5.48. The second-order valence-electron chi connectivity index (χ2n) is 9.89. The Labute approximate surface area is 200 Å². The lowest BCUT2D eigenvalue weighted by Crippen LogP contribution is -2.47. The van der Waals surface area contributed by atoms with Gasteiger partial charge < -0.3 is 15.0 Å². The van der Waals surface area contributed by atoms with Crippen molar-refractivity contribution in [3.05, 3.63) is 46.2 Å². The lowest BCUT2D eigenvalue weighted by molar-refractivity contribution is 0.0855. The lowest BCUT2D eigenvalue weighted by Gasteiger charge is -2.28. The molecular weight excluding hydrogens is 456 g/mol. The molecule has 0 aliphatic carbocycles. The van der Waals surface area contributed by atoms with Crippen LogP contribution >= 0.6 is 0 Å². The van der Waals surface area contributed by atoms with Gasteiger partial charge in [0, 0.05) is 44.3 Å². The number of benzene rings is 1. The van der Waals surface area contributed by atoms with E-state index in [0.29, 0.717) is 6.54 Å². The quantitative estimate of drug-likeness (QED) is 0.575. The third-order valence-corrected chi connectivity index (χ3v) is 8.44. The summed E-state index contributed by atoms with van der Waals surface area (Å²) in [5.41, 5.74) is 0.639. The highest BCUT2D eigenvalue weighted by Crippen LogP contribution is 2.38. The molecule has 2 aliphatic heterocycles. The summed E-state index contributed by atoms with van der Waals surface area (Å²) < 4.78 is 26.1. The number of rotatable bonds is 8. The molecule has 0 saturated carbocycles. The Kier molecular flexibility index (Phi) is 6.87. The molecule has 34 heavy (non-hydrogen) atoms. The molecule has 2 aromatic rings. The van der Waals surface area contributed by atoms with E-state index in [1.54, 1.807) is 10.6 Å². The van der Waals surface area contributed by atoms with Crippen LogP contribution in [0.5, 0.6) is 0 Å². The van der Waals surface area contributed by atoms with E-state index in [2.05, 4.69) is 10.2 Å². The Hall–Kier alpha value is -2.27. The molecule has 4 rings (SSSR count). The number of aliphatic hydroxyl groups excluding tert-OH is 1. The monoisotopic (exact) mass is 490 g/mol. The van der Waals surface area contributed by atoms with Gasteiger partial charge in [0.1, 0.15) is 5.56 Å². The molecule has 4 atom stereocenters. The first kappa shape index (κ1) is 24.8. The molecule has 9 nitrogen and oxygen atoms in total. The standard InChI is InChI=1S/C24H34N4O5S/c1-15(2)28-21-8-6-5-7-16(21)11-19(24(28)31)23(30)25-20-12-17-9-10-22(20)27(17)14-18(29)13-26(3)34(4,32)33/h5-8,11,15,17-18,20,22,29H,9-10,12-14H2,1-4H3,(H,25,30)/t17-,18-,20+,22+/m0/s1. The number of hydrogen-bond donors (Lipinski definition) is 2. The maximum Gasteiger partial charge on any atom is 0.264 e. The van der Waals surface area contributed by atoms with Crippen molar-refractivity contribution in [3.8, 4) is 0 Å². The van der Waals surface area contributed by atoms with Gasteiger partial charge in [-0.05, 0) is 50.6 Å². The minimum absolute atomic E-state index is 0.0254. The van der Waals surface area contributed by atoms with E-state index in [1.165, 1.54) is 7.05 Å². The number of sulfonamides is 1. The van der Waals surface area contributed by atoms with Crippen molar-refractivity contribution in [2.45, 2.75) is 63.4 Å². The van der Waals surface area contributed by atoms with Crippen LogP contribution in [0.2, 0.25) is 0 Å². The van der Waals surface area contributed by atoms with Crippen LogP contribution in [0.25, 0.3) is 10.9 Å². The van der Waals surface area contributed by atoms with Gasteiger partial charge in [0.15, 0.2) is 0 Å². The van der Waals surface area contributed by atoms with Crippen LogP contribution in [0.3, 0.4) is 0 Å². The van der Waals surface area contributed by atoms with Crippen LogP contribution in [0.4, 0.5) is 0 Å². The van der Waals surface area contributed by atoms with Gasteiger partial charge in [-0.25, -0.2) is 12.7 Å². The van der Waals surface area contributed by atoms with Crippen molar-refractivity contribution in [2.75, 3.05) is 26.4 Å². The molecule has 2 saturated heterocycles. The highest BCUT2D eigenvalue weighted by atomic mass is 32.2. The zero-order chi connectivity index (χ0) is 24.8. The van der Waals surface area contributed by atoms with Gasteiger partial charge in [-0.2, -0.15) is 0 Å². The summed E-state index contributed by atoms with van der Waals surface area (Å²) in [4.78, 5) is 28.6. The highest BCUT2D eigenvalue weighted by molar-refractivity contribution is 7.88. The van der Waals surface area contributed by atoms with E-state index < -0.39 is 16.1 Å². The SMILES string of the molecule is CC(C)n1c(=O)c(C(=O)N[C@@H]2C[C@@H]3CC[C@H]2N3C[C@@H](O)CN(C)S(C)(=O)=O)cc2ccccc21. The molecular formula is C24H34N4O5S. The molecule has 0 spiro atoms. The van der Waals surface area contributed by atoms with Gasteiger partial charge in [0.25, 0.3) is 11.5 Å². The van der Waals surface area contributed by atoms with Gasteiger partial charge in [0.05, 0.1) is 17.9 Å². The third kappa shape index (κ3) is 4.77. The molecule has 186 valence electrons. The van der Waals surface area contributed by atoms with Crippen molar-refractivity contribution in [3.63, 3.8) is 0 Å². The second-order valence-corrected chi connectivity index (χ2v) is 12.0. The average molecular weight is 491 g/mol. The minimum atomic E-state index is -3.36. The molecule has 3 heterocycles. The number of pyridine rings is 1. The lowest BCUT2D eigenvalue weighted by atomic mass is 9.95. The fraction of sp³-hybridized carbons (Fsp3) is 0.583. The number of amides is 1. The molecule has 1 aromatic heterocycles. The molecule has 2 bridgehead atoms. The maximum atomic E-state index is 13.2. The van der Waals surface area contributed by atoms with E-state index >= 15 is 0 Å². The summed E-state index contributed by atoms with van der Waals surface area (Å²) in [5, 5.41) is 14.4. The number of nitrogens with zero attached hydrogens (tertiary/aromatic N) is 3. The van der Waals surface area contributed by atoms with Gasteiger partial charge in [-0.15, -0.1) is 0 Å². The van der Waals surface area contributed by atoms with E-state index in [4.69, 9.17) is 0 Å².